The van der Waals surface area contributed by atoms with Crippen molar-refractivity contribution >= 4 is 11.9 Å². The molecule has 0 saturated carbocycles. The van der Waals surface area contributed by atoms with Crippen LogP contribution in [0.2, 0.25) is 0 Å². The van der Waals surface area contributed by atoms with Crippen molar-refractivity contribution in [2.75, 3.05) is 7.11 Å². The van der Waals surface area contributed by atoms with Gasteiger partial charge in [0.25, 0.3) is 0 Å². The zero-order valence-corrected chi connectivity index (χ0v) is 22.9. The van der Waals surface area contributed by atoms with Crippen LogP contribution in [-0.2, 0) is 14.3 Å². The van der Waals surface area contributed by atoms with Crippen LogP contribution in [-0.4, -0.2) is 57.3 Å². The molecule has 0 aromatic rings. The number of carboxylic acids is 2. The maximum atomic E-state index is 10.6. The number of hydrogen-bond donors (Lipinski definition) is 4. The van der Waals surface area contributed by atoms with Crippen molar-refractivity contribution in [2.24, 2.45) is 17.8 Å². The molecule has 0 aliphatic carbocycles. The zero-order chi connectivity index (χ0) is 26.7. The molecule has 0 radical (unpaired) electrons. The van der Waals surface area contributed by atoms with E-state index in [9.17, 15) is 19.8 Å². The molecule has 0 heterocycles. The molecule has 34 heavy (non-hydrogen) atoms. The minimum atomic E-state index is -0.927. The highest BCUT2D eigenvalue weighted by Crippen LogP contribution is 2.19. The van der Waals surface area contributed by atoms with E-state index in [1.807, 2.05) is 0 Å². The summed E-state index contributed by atoms with van der Waals surface area (Å²) >= 11 is 0. The SMILES string of the molecule is CC(C)CCCCCC[C@@H](O)[C@@H](C)C(=O)O.COC(C)(C)CCCCCC[C@@H](O)[C@@H](C)C(=O)O. The van der Waals surface area contributed by atoms with Crippen LogP contribution < -0.4 is 0 Å². The highest BCUT2D eigenvalue weighted by molar-refractivity contribution is 5.70. The lowest BCUT2D eigenvalue weighted by atomic mass is 9.97. The monoisotopic (exact) mass is 490 g/mol. The average molecular weight is 491 g/mol. The number of methoxy groups -OCH3 is 1. The number of aliphatic hydroxyl groups excluding tert-OH is 2. The number of carbonyl (C=O) groups is 2. The van der Waals surface area contributed by atoms with Crippen LogP contribution >= 0.6 is 0 Å². The van der Waals surface area contributed by atoms with E-state index in [0.717, 1.165) is 50.9 Å². The van der Waals surface area contributed by atoms with Gasteiger partial charge < -0.3 is 25.2 Å². The van der Waals surface area contributed by atoms with Crippen molar-refractivity contribution in [3.63, 3.8) is 0 Å². The highest BCUT2D eigenvalue weighted by Gasteiger charge is 2.21. The first-order valence-electron chi connectivity index (χ1n) is 13.1. The number of carboxylic acid groups (broad SMARTS) is 2. The molecular formula is C27H54O7. The van der Waals surface area contributed by atoms with Gasteiger partial charge in [0, 0.05) is 7.11 Å². The Morgan fingerprint density at radius 3 is 1.35 bits per heavy atom. The Labute approximate surface area is 208 Å². The molecule has 0 unspecified atom stereocenters. The normalized spacial score (nSPS) is 15.2. The van der Waals surface area contributed by atoms with Gasteiger partial charge in [-0.3, -0.25) is 9.59 Å². The van der Waals surface area contributed by atoms with Crippen LogP contribution in [0.4, 0.5) is 0 Å². The minimum absolute atomic E-state index is 0.0582. The van der Waals surface area contributed by atoms with Crippen molar-refractivity contribution in [1.82, 2.24) is 0 Å². The first-order chi connectivity index (χ1) is 15.7. The van der Waals surface area contributed by atoms with Gasteiger partial charge in [0.1, 0.15) is 0 Å². The van der Waals surface area contributed by atoms with E-state index in [0.29, 0.717) is 12.8 Å². The van der Waals surface area contributed by atoms with E-state index >= 15 is 0 Å². The predicted molar refractivity (Wildman–Crippen MR) is 137 cm³/mol. The Kier molecular flexibility index (Phi) is 20.6. The molecule has 204 valence electrons. The van der Waals surface area contributed by atoms with Crippen molar-refractivity contribution in [3.8, 4) is 0 Å². The second kappa shape index (κ2) is 20.1. The molecule has 4 N–H and O–H groups in total. The molecule has 7 heteroatoms. The third-order valence-electron chi connectivity index (χ3n) is 6.55. The summed E-state index contributed by atoms with van der Waals surface area (Å²) in [5, 5.41) is 36.6. The fourth-order valence-corrected chi connectivity index (χ4v) is 3.45. The first kappa shape index (κ1) is 35.0. The van der Waals surface area contributed by atoms with Crippen molar-refractivity contribution in [3.05, 3.63) is 0 Å². The predicted octanol–water partition coefficient (Wildman–Crippen LogP) is 5.90. The summed E-state index contributed by atoms with van der Waals surface area (Å²) in [4.78, 5) is 21.2. The highest BCUT2D eigenvalue weighted by atomic mass is 16.5. The summed E-state index contributed by atoms with van der Waals surface area (Å²) in [6, 6.07) is 0. The number of unbranched alkanes of at least 4 members (excludes halogenated alkanes) is 6. The van der Waals surface area contributed by atoms with Crippen molar-refractivity contribution in [1.29, 1.82) is 0 Å². The van der Waals surface area contributed by atoms with Crippen LogP contribution in [0.5, 0.6) is 0 Å². The van der Waals surface area contributed by atoms with Crippen LogP contribution in [0, 0.1) is 17.8 Å². The van der Waals surface area contributed by atoms with Crippen LogP contribution in [0.15, 0.2) is 0 Å². The quantitative estimate of drug-likeness (QED) is 0.166. The lowest BCUT2D eigenvalue weighted by Crippen LogP contribution is -2.25. The van der Waals surface area contributed by atoms with E-state index in [-0.39, 0.29) is 5.60 Å². The van der Waals surface area contributed by atoms with E-state index in [2.05, 4.69) is 27.7 Å². The van der Waals surface area contributed by atoms with Gasteiger partial charge in [-0.1, -0.05) is 71.6 Å². The van der Waals surface area contributed by atoms with Crippen molar-refractivity contribution in [2.45, 2.75) is 136 Å². The molecule has 0 saturated heterocycles. The molecule has 0 bridgehead atoms. The Hall–Kier alpha value is -1.18. The van der Waals surface area contributed by atoms with Gasteiger partial charge in [0.05, 0.1) is 29.6 Å². The number of hydrogen-bond acceptors (Lipinski definition) is 5. The number of ether oxygens (including phenoxy) is 1. The van der Waals surface area contributed by atoms with Crippen LogP contribution in [0.1, 0.15) is 119 Å². The van der Waals surface area contributed by atoms with E-state index in [4.69, 9.17) is 14.9 Å². The number of aliphatic carboxylic acids is 2. The molecule has 7 nitrogen and oxygen atoms in total. The van der Waals surface area contributed by atoms with E-state index < -0.39 is 36.0 Å². The molecular weight excluding hydrogens is 436 g/mol. The molecule has 4 atom stereocenters. The molecule has 0 aromatic carbocycles. The lowest BCUT2D eigenvalue weighted by molar-refractivity contribution is -0.146. The Morgan fingerprint density at radius 1 is 0.676 bits per heavy atom. The average Bonchev–Trinajstić information content (AvgIpc) is 2.76. The largest absolute Gasteiger partial charge is 0.481 e. The second-order valence-corrected chi connectivity index (χ2v) is 10.7. The van der Waals surface area contributed by atoms with Crippen molar-refractivity contribution < 1.29 is 34.8 Å². The van der Waals surface area contributed by atoms with Crippen LogP contribution in [0.3, 0.4) is 0 Å². The first-order valence-corrected chi connectivity index (χ1v) is 13.1. The second-order valence-electron chi connectivity index (χ2n) is 10.7. The van der Waals surface area contributed by atoms with E-state index in [1.165, 1.54) is 19.3 Å². The summed E-state index contributed by atoms with van der Waals surface area (Å²) in [6.07, 6.45) is 10.6. The summed E-state index contributed by atoms with van der Waals surface area (Å²) in [7, 11) is 1.73. The fraction of sp³-hybridized carbons (Fsp3) is 0.926. The van der Waals surface area contributed by atoms with Gasteiger partial charge in [-0.15, -0.1) is 0 Å². The number of rotatable bonds is 19. The number of aliphatic hydroxyl groups is 2. The molecule has 0 aliphatic heterocycles. The third-order valence-corrected chi connectivity index (χ3v) is 6.55. The van der Waals surface area contributed by atoms with Gasteiger partial charge in [-0.05, 0) is 52.9 Å². The Morgan fingerprint density at radius 2 is 1.03 bits per heavy atom. The molecule has 0 rings (SSSR count). The minimum Gasteiger partial charge on any atom is -0.481 e. The smallest absolute Gasteiger partial charge is 0.308 e. The Balaban J connectivity index is 0. The molecule has 0 aliphatic rings. The molecule has 0 aromatic heterocycles. The maximum Gasteiger partial charge on any atom is 0.308 e. The molecule has 0 spiro atoms. The summed E-state index contributed by atoms with van der Waals surface area (Å²) in [5.74, 6) is -2.39. The van der Waals surface area contributed by atoms with Gasteiger partial charge in [0.15, 0.2) is 0 Å². The van der Waals surface area contributed by atoms with Crippen LogP contribution in [0.25, 0.3) is 0 Å². The fourth-order valence-electron chi connectivity index (χ4n) is 3.45. The molecule has 0 fully saturated rings. The maximum absolute atomic E-state index is 10.6. The third kappa shape index (κ3) is 20.2. The Bertz CT molecular complexity index is 519. The van der Waals surface area contributed by atoms with Gasteiger partial charge in [-0.25, -0.2) is 0 Å². The van der Waals surface area contributed by atoms with Gasteiger partial charge in [-0.2, -0.15) is 0 Å². The molecule has 0 amide bonds. The standard InChI is InChI=1S/C14H28O4.C13H26O3/c1-11(13(16)17)12(15)9-7-5-6-8-10-14(2,3)18-4;1-10(2)8-6-4-5-7-9-12(14)11(3)13(15)16/h11-12,15H,5-10H2,1-4H3,(H,16,17);10-12,14H,4-9H2,1-3H3,(H,15,16)/t2*11-,12-/m11/s1. The summed E-state index contributed by atoms with van der Waals surface area (Å²) in [6.45, 7) is 11.7. The topological polar surface area (TPSA) is 124 Å². The zero-order valence-electron chi connectivity index (χ0n) is 22.9. The lowest BCUT2D eigenvalue weighted by Gasteiger charge is -2.22. The summed E-state index contributed by atoms with van der Waals surface area (Å²) in [5.41, 5.74) is -0.0582. The summed E-state index contributed by atoms with van der Waals surface area (Å²) < 4.78 is 5.33. The van der Waals surface area contributed by atoms with Gasteiger partial charge in [0.2, 0.25) is 0 Å². The van der Waals surface area contributed by atoms with E-state index in [1.54, 1.807) is 21.0 Å². The van der Waals surface area contributed by atoms with Gasteiger partial charge >= 0.3 is 11.9 Å².